The molecule has 2 aliphatic rings. The number of fused-ring (bicyclic) bond motifs is 1. The third-order valence-electron chi connectivity index (χ3n) is 7.21. The first-order valence-corrected chi connectivity index (χ1v) is 12.5. The number of carbonyl (C=O) groups is 1. The Morgan fingerprint density at radius 1 is 1.09 bits per heavy atom. The van der Waals surface area contributed by atoms with E-state index in [1.807, 2.05) is 23.2 Å². The molecule has 0 aliphatic carbocycles. The molecule has 2 aromatic heterocycles. The molecule has 1 aromatic carbocycles. The van der Waals surface area contributed by atoms with E-state index in [4.69, 9.17) is 0 Å². The fourth-order valence-electron chi connectivity index (χ4n) is 5.32. The van der Waals surface area contributed by atoms with E-state index in [1.165, 1.54) is 0 Å². The van der Waals surface area contributed by atoms with Crippen LogP contribution in [0.4, 0.5) is 5.82 Å². The number of aromatic nitrogens is 3. The summed E-state index contributed by atoms with van der Waals surface area (Å²) >= 11 is 0. The minimum absolute atomic E-state index is 0.0444. The lowest BCUT2D eigenvalue weighted by Crippen LogP contribution is -2.50. The van der Waals surface area contributed by atoms with Gasteiger partial charge in [-0.2, -0.15) is 0 Å². The van der Waals surface area contributed by atoms with Crippen LogP contribution in [0.5, 0.6) is 0 Å². The summed E-state index contributed by atoms with van der Waals surface area (Å²) < 4.78 is 1.16. The topological polar surface area (TPSA) is 94.5 Å². The van der Waals surface area contributed by atoms with Crippen molar-refractivity contribution in [2.24, 2.45) is 5.92 Å². The van der Waals surface area contributed by atoms with Crippen molar-refractivity contribution in [2.75, 3.05) is 50.7 Å². The molecule has 0 spiro atoms. The number of anilines is 1. The van der Waals surface area contributed by atoms with Crippen LogP contribution in [0.15, 0.2) is 52.2 Å². The second-order valence-electron chi connectivity index (χ2n) is 9.47. The van der Waals surface area contributed by atoms with Gasteiger partial charge >= 0.3 is 5.69 Å². The summed E-state index contributed by atoms with van der Waals surface area (Å²) in [6.07, 6.45) is 3.94. The molecule has 1 atom stereocenters. The highest BCUT2D eigenvalue weighted by Gasteiger charge is 2.27. The molecule has 5 rings (SSSR count). The molecular formula is C26H32N6O3. The molecular weight excluding hydrogens is 444 g/mol. The largest absolute Gasteiger partial charge is 0.354 e. The summed E-state index contributed by atoms with van der Waals surface area (Å²) in [7, 11) is 0. The molecule has 35 heavy (non-hydrogen) atoms. The number of aromatic amines is 1. The Hall–Kier alpha value is -3.46. The summed E-state index contributed by atoms with van der Waals surface area (Å²) in [6, 6.07) is 11.0. The van der Waals surface area contributed by atoms with Gasteiger partial charge in [0.25, 0.3) is 11.5 Å². The second-order valence-corrected chi connectivity index (χ2v) is 9.47. The molecule has 2 saturated heterocycles. The van der Waals surface area contributed by atoms with Gasteiger partial charge in [-0.05, 0) is 56.0 Å². The number of amides is 1. The van der Waals surface area contributed by atoms with Gasteiger partial charge in [-0.3, -0.25) is 19.1 Å². The summed E-state index contributed by atoms with van der Waals surface area (Å²) in [5.74, 6) is 1.43. The monoisotopic (exact) mass is 476 g/mol. The number of rotatable bonds is 5. The van der Waals surface area contributed by atoms with E-state index in [-0.39, 0.29) is 11.5 Å². The minimum atomic E-state index is -0.448. The molecule has 184 valence electrons. The first kappa shape index (κ1) is 23.3. The van der Waals surface area contributed by atoms with Gasteiger partial charge < -0.3 is 14.8 Å². The zero-order chi connectivity index (χ0) is 24.4. The maximum absolute atomic E-state index is 13.3. The minimum Gasteiger partial charge on any atom is -0.354 e. The molecule has 9 nitrogen and oxygen atoms in total. The van der Waals surface area contributed by atoms with Crippen molar-refractivity contribution >= 4 is 22.6 Å². The van der Waals surface area contributed by atoms with Crippen LogP contribution in [0.3, 0.4) is 0 Å². The molecule has 2 aliphatic heterocycles. The number of carbonyl (C=O) groups excluding carboxylic acids is 1. The highest BCUT2D eigenvalue weighted by molar-refractivity contribution is 5.97. The number of piperidine rings is 1. The van der Waals surface area contributed by atoms with Gasteiger partial charge in [0, 0.05) is 64.1 Å². The van der Waals surface area contributed by atoms with Crippen molar-refractivity contribution in [1.82, 2.24) is 24.3 Å². The maximum atomic E-state index is 13.3. The van der Waals surface area contributed by atoms with Gasteiger partial charge in [-0.25, -0.2) is 9.78 Å². The summed E-state index contributed by atoms with van der Waals surface area (Å²) in [5, 5.41) is 0.421. The van der Waals surface area contributed by atoms with Crippen LogP contribution in [-0.4, -0.2) is 76.1 Å². The number of benzene rings is 1. The third kappa shape index (κ3) is 4.86. The molecule has 1 N–H and O–H groups in total. The Kier molecular flexibility index (Phi) is 6.68. The van der Waals surface area contributed by atoms with E-state index in [2.05, 4.69) is 25.8 Å². The van der Waals surface area contributed by atoms with E-state index in [0.29, 0.717) is 28.9 Å². The van der Waals surface area contributed by atoms with E-state index >= 15 is 0 Å². The van der Waals surface area contributed by atoms with E-state index in [1.54, 1.807) is 25.1 Å². The lowest BCUT2D eigenvalue weighted by molar-refractivity contribution is 0.0637. The Morgan fingerprint density at radius 3 is 2.66 bits per heavy atom. The average molecular weight is 477 g/mol. The summed E-state index contributed by atoms with van der Waals surface area (Å²) in [6.45, 7) is 8.42. The summed E-state index contributed by atoms with van der Waals surface area (Å²) in [5.41, 5.74) is 0.142. The fraction of sp³-hybridized carbons (Fsp3) is 0.462. The van der Waals surface area contributed by atoms with Crippen LogP contribution in [0.25, 0.3) is 10.9 Å². The molecule has 1 amide bonds. The van der Waals surface area contributed by atoms with E-state index in [9.17, 15) is 14.4 Å². The van der Waals surface area contributed by atoms with E-state index < -0.39 is 5.69 Å². The van der Waals surface area contributed by atoms with Crippen molar-refractivity contribution in [3.8, 4) is 0 Å². The number of nitrogens with one attached hydrogen (secondary N) is 1. The van der Waals surface area contributed by atoms with Gasteiger partial charge in [0.15, 0.2) is 0 Å². The smallest absolute Gasteiger partial charge is 0.328 e. The summed E-state index contributed by atoms with van der Waals surface area (Å²) in [4.78, 5) is 52.0. The van der Waals surface area contributed by atoms with Crippen LogP contribution in [-0.2, 0) is 6.54 Å². The first-order chi connectivity index (χ1) is 17.0. The molecule has 4 heterocycles. The number of piperazine rings is 1. The molecule has 0 radical (unpaired) electrons. The Balaban J connectivity index is 1.22. The number of H-pyrrole nitrogens is 1. The van der Waals surface area contributed by atoms with Gasteiger partial charge in [-0.15, -0.1) is 0 Å². The predicted molar refractivity (Wildman–Crippen MR) is 136 cm³/mol. The third-order valence-corrected chi connectivity index (χ3v) is 7.21. The van der Waals surface area contributed by atoms with Crippen molar-refractivity contribution < 1.29 is 4.79 Å². The Morgan fingerprint density at radius 2 is 1.91 bits per heavy atom. The zero-order valence-electron chi connectivity index (χ0n) is 20.2. The molecule has 2 fully saturated rings. The van der Waals surface area contributed by atoms with Gasteiger partial charge in [0.05, 0.1) is 10.9 Å². The highest BCUT2D eigenvalue weighted by Crippen LogP contribution is 2.22. The van der Waals surface area contributed by atoms with Crippen LogP contribution in [0.1, 0.15) is 30.1 Å². The van der Waals surface area contributed by atoms with Gasteiger partial charge in [-0.1, -0.05) is 6.07 Å². The lowest BCUT2D eigenvalue weighted by atomic mass is 9.96. The van der Waals surface area contributed by atoms with Crippen molar-refractivity contribution in [1.29, 1.82) is 0 Å². The Bertz CT molecular complexity index is 1310. The lowest BCUT2D eigenvalue weighted by Gasteiger charge is -2.39. The van der Waals surface area contributed by atoms with Crippen molar-refractivity contribution in [2.45, 2.75) is 26.3 Å². The SMILES string of the molecule is CCn1c(=O)[nH]c2cc(C(=O)N3CCCC(CN4CCN(c5ccccn5)CC4)C3)ccc2c1=O. The standard InChI is InChI=1S/C26H32N6O3/c1-2-32-25(34)21-9-8-20(16-22(21)28-26(32)35)24(33)31-11-5-6-19(18-31)17-29-12-14-30(15-13-29)23-7-3-4-10-27-23/h3-4,7-10,16,19H,2,5-6,11-15,17-18H2,1H3,(H,28,35). The fourth-order valence-corrected chi connectivity index (χ4v) is 5.32. The quantitative estimate of drug-likeness (QED) is 0.603. The Labute approximate surface area is 204 Å². The molecule has 3 aromatic rings. The average Bonchev–Trinajstić information content (AvgIpc) is 2.89. The predicted octanol–water partition coefficient (Wildman–Crippen LogP) is 1.78. The van der Waals surface area contributed by atoms with Gasteiger partial charge in [0.1, 0.15) is 5.82 Å². The maximum Gasteiger partial charge on any atom is 0.328 e. The number of hydrogen-bond donors (Lipinski definition) is 1. The van der Waals surface area contributed by atoms with Crippen LogP contribution < -0.4 is 16.1 Å². The second kappa shape index (κ2) is 10.0. The van der Waals surface area contributed by atoms with E-state index in [0.717, 1.165) is 69.0 Å². The first-order valence-electron chi connectivity index (χ1n) is 12.5. The molecule has 9 heteroatoms. The number of hydrogen-bond acceptors (Lipinski definition) is 6. The zero-order valence-corrected chi connectivity index (χ0v) is 20.2. The number of pyridine rings is 1. The van der Waals surface area contributed by atoms with Crippen molar-refractivity contribution in [3.05, 3.63) is 69.0 Å². The van der Waals surface area contributed by atoms with Crippen LogP contribution >= 0.6 is 0 Å². The molecule has 0 saturated carbocycles. The molecule has 0 bridgehead atoms. The highest BCUT2D eigenvalue weighted by atomic mass is 16.2. The van der Waals surface area contributed by atoms with Crippen LogP contribution in [0.2, 0.25) is 0 Å². The normalized spacial score (nSPS) is 19.3. The number of nitrogens with zero attached hydrogens (tertiary/aromatic N) is 5. The van der Waals surface area contributed by atoms with Crippen molar-refractivity contribution in [3.63, 3.8) is 0 Å². The van der Waals surface area contributed by atoms with Crippen LogP contribution in [0, 0.1) is 5.92 Å². The number of likely N-dealkylation sites (tertiary alicyclic amines) is 1. The molecule has 1 unspecified atom stereocenters. The van der Waals surface area contributed by atoms with Gasteiger partial charge in [0.2, 0.25) is 0 Å².